The molecular formula is C27H32N2O5. The Morgan fingerprint density at radius 2 is 1.59 bits per heavy atom. The van der Waals surface area contributed by atoms with E-state index < -0.39 is 18.0 Å². The highest BCUT2D eigenvalue weighted by atomic mass is 16.5. The van der Waals surface area contributed by atoms with Crippen molar-refractivity contribution in [1.29, 1.82) is 0 Å². The molecule has 0 saturated heterocycles. The summed E-state index contributed by atoms with van der Waals surface area (Å²) in [5.74, 6) is -0.636. The van der Waals surface area contributed by atoms with E-state index in [4.69, 9.17) is 9.84 Å². The van der Waals surface area contributed by atoms with E-state index >= 15 is 0 Å². The number of hydrogen-bond acceptors (Lipinski definition) is 4. The number of amides is 2. The molecule has 7 nitrogen and oxygen atoms in total. The van der Waals surface area contributed by atoms with Gasteiger partial charge in [0.1, 0.15) is 6.61 Å². The van der Waals surface area contributed by atoms with Crippen LogP contribution in [0.2, 0.25) is 0 Å². The fraction of sp³-hybridized carbons (Fsp3) is 0.444. The van der Waals surface area contributed by atoms with E-state index in [1.54, 1.807) is 6.92 Å². The molecule has 0 aromatic heterocycles. The normalized spacial score (nSPS) is 19.3. The summed E-state index contributed by atoms with van der Waals surface area (Å²) in [5, 5.41) is 14.5. The van der Waals surface area contributed by atoms with Gasteiger partial charge in [-0.25, -0.2) is 4.79 Å². The van der Waals surface area contributed by atoms with Crippen molar-refractivity contribution in [3.05, 3.63) is 59.7 Å². The number of ether oxygens (including phenoxy) is 1. The molecule has 1 saturated carbocycles. The zero-order chi connectivity index (χ0) is 24.1. The predicted molar refractivity (Wildman–Crippen MR) is 128 cm³/mol. The van der Waals surface area contributed by atoms with E-state index in [1.807, 2.05) is 24.3 Å². The molecule has 3 N–H and O–H groups in total. The number of carboxylic acids is 1. The molecule has 2 aromatic rings. The lowest BCUT2D eigenvalue weighted by Crippen LogP contribution is -2.38. The average molecular weight is 465 g/mol. The van der Waals surface area contributed by atoms with Crippen LogP contribution in [-0.2, 0) is 14.3 Å². The maximum Gasteiger partial charge on any atom is 0.407 e. The fourth-order valence-corrected chi connectivity index (χ4v) is 4.97. The van der Waals surface area contributed by atoms with Gasteiger partial charge in [-0.3, -0.25) is 9.59 Å². The van der Waals surface area contributed by atoms with Crippen molar-refractivity contribution in [3.8, 4) is 11.1 Å². The second-order valence-electron chi connectivity index (χ2n) is 9.49. The first-order chi connectivity index (χ1) is 16.4. The van der Waals surface area contributed by atoms with E-state index in [0.29, 0.717) is 44.4 Å². The number of carbonyl (C=O) groups excluding carboxylic acids is 2. The van der Waals surface area contributed by atoms with Crippen molar-refractivity contribution in [2.75, 3.05) is 19.7 Å². The molecule has 34 heavy (non-hydrogen) atoms. The minimum absolute atomic E-state index is 0.0365. The Hall–Kier alpha value is -3.35. The molecule has 2 aromatic carbocycles. The number of aliphatic carboxylic acids is 1. The Balaban J connectivity index is 1.14. The summed E-state index contributed by atoms with van der Waals surface area (Å²) < 4.78 is 5.57. The minimum atomic E-state index is -0.847. The largest absolute Gasteiger partial charge is 0.481 e. The van der Waals surface area contributed by atoms with Gasteiger partial charge in [-0.1, -0.05) is 55.5 Å². The van der Waals surface area contributed by atoms with Gasteiger partial charge in [-0.15, -0.1) is 0 Å². The number of alkyl carbamates (subject to hydrolysis) is 1. The number of hydrogen-bond donors (Lipinski definition) is 3. The lowest BCUT2D eigenvalue weighted by atomic mass is 9.73. The third-order valence-electron chi connectivity index (χ3n) is 7.01. The van der Waals surface area contributed by atoms with Gasteiger partial charge in [-0.05, 0) is 53.4 Å². The number of carboxylic acid groups (broad SMARTS) is 1. The molecule has 0 aliphatic heterocycles. The van der Waals surface area contributed by atoms with Gasteiger partial charge in [0.2, 0.25) is 5.91 Å². The van der Waals surface area contributed by atoms with Gasteiger partial charge in [-0.2, -0.15) is 0 Å². The molecule has 0 spiro atoms. The van der Waals surface area contributed by atoms with Gasteiger partial charge in [0.25, 0.3) is 0 Å². The first-order valence-corrected chi connectivity index (χ1v) is 12.0. The van der Waals surface area contributed by atoms with E-state index in [9.17, 15) is 14.4 Å². The monoisotopic (exact) mass is 464 g/mol. The van der Waals surface area contributed by atoms with E-state index in [1.165, 1.54) is 22.3 Å². The van der Waals surface area contributed by atoms with E-state index in [-0.39, 0.29) is 11.8 Å². The minimum Gasteiger partial charge on any atom is -0.481 e. The maximum atomic E-state index is 12.3. The molecule has 1 unspecified atom stereocenters. The van der Waals surface area contributed by atoms with Crippen LogP contribution in [0.15, 0.2) is 48.5 Å². The van der Waals surface area contributed by atoms with Gasteiger partial charge >= 0.3 is 12.1 Å². The molecular weight excluding hydrogens is 432 g/mol. The van der Waals surface area contributed by atoms with Gasteiger partial charge in [0, 0.05) is 25.4 Å². The first kappa shape index (κ1) is 23.8. The summed E-state index contributed by atoms with van der Waals surface area (Å²) in [6, 6.07) is 16.5. The molecule has 180 valence electrons. The van der Waals surface area contributed by atoms with Crippen LogP contribution in [-0.4, -0.2) is 42.8 Å². The summed E-state index contributed by atoms with van der Waals surface area (Å²) >= 11 is 0. The number of nitrogens with one attached hydrogen (secondary N) is 2. The van der Waals surface area contributed by atoms with Crippen LogP contribution in [0.4, 0.5) is 4.79 Å². The summed E-state index contributed by atoms with van der Waals surface area (Å²) in [7, 11) is 0. The fourth-order valence-electron chi connectivity index (χ4n) is 4.97. The highest BCUT2D eigenvalue weighted by Gasteiger charge is 2.32. The van der Waals surface area contributed by atoms with Crippen LogP contribution in [0.1, 0.15) is 49.7 Å². The summed E-state index contributed by atoms with van der Waals surface area (Å²) in [6.07, 6.45) is 2.25. The van der Waals surface area contributed by atoms with Gasteiger partial charge in [0.15, 0.2) is 0 Å². The summed E-state index contributed by atoms with van der Waals surface area (Å²) in [6.45, 7) is 2.86. The molecule has 0 heterocycles. The van der Waals surface area contributed by atoms with Crippen molar-refractivity contribution in [3.63, 3.8) is 0 Å². The number of fused-ring (bicyclic) bond motifs is 3. The SMILES string of the molecule is CC(CCNC(=O)CC1CC(CNC(=O)OCC2c3ccccc3-c3ccccc32)C1)C(=O)O. The summed E-state index contributed by atoms with van der Waals surface area (Å²) in [4.78, 5) is 35.1. The van der Waals surface area contributed by atoms with Crippen molar-refractivity contribution in [2.24, 2.45) is 17.8 Å². The highest BCUT2D eigenvalue weighted by Crippen LogP contribution is 2.44. The molecule has 2 aliphatic rings. The quantitative estimate of drug-likeness (QED) is 0.490. The summed E-state index contributed by atoms with van der Waals surface area (Å²) in [5.41, 5.74) is 4.78. The predicted octanol–water partition coefficient (Wildman–Crippen LogP) is 4.17. The molecule has 2 amide bonds. The Kier molecular flexibility index (Phi) is 7.50. The standard InChI is InChI=1S/C27H32N2O5/c1-17(26(31)32)10-11-28-25(30)14-18-12-19(13-18)15-29-27(33)34-16-24-22-8-4-2-6-20(22)21-7-3-5-9-23(21)24/h2-9,17-19,24H,10-16H2,1H3,(H,28,30)(H,29,33)(H,31,32). The third-order valence-corrected chi connectivity index (χ3v) is 7.01. The molecule has 1 fully saturated rings. The Morgan fingerprint density at radius 3 is 2.21 bits per heavy atom. The smallest absolute Gasteiger partial charge is 0.407 e. The van der Waals surface area contributed by atoms with Gasteiger partial charge < -0.3 is 20.5 Å². The highest BCUT2D eigenvalue weighted by molar-refractivity contribution is 5.79. The van der Waals surface area contributed by atoms with Crippen LogP contribution in [0.3, 0.4) is 0 Å². The van der Waals surface area contributed by atoms with Crippen molar-refractivity contribution in [2.45, 2.75) is 38.5 Å². The average Bonchev–Trinajstić information content (AvgIpc) is 3.12. The van der Waals surface area contributed by atoms with E-state index in [2.05, 4.69) is 34.9 Å². The number of benzene rings is 2. The second-order valence-corrected chi connectivity index (χ2v) is 9.49. The number of rotatable bonds is 10. The van der Waals surface area contributed by atoms with Crippen LogP contribution < -0.4 is 10.6 Å². The molecule has 4 rings (SSSR count). The Morgan fingerprint density at radius 1 is 0.971 bits per heavy atom. The molecule has 0 radical (unpaired) electrons. The van der Waals surface area contributed by atoms with Crippen LogP contribution in [0.5, 0.6) is 0 Å². The van der Waals surface area contributed by atoms with E-state index in [0.717, 1.165) is 12.8 Å². The van der Waals surface area contributed by atoms with Crippen molar-refractivity contribution >= 4 is 18.0 Å². The molecule has 7 heteroatoms. The molecule has 1 atom stereocenters. The third kappa shape index (κ3) is 5.58. The molecule has 2 aliphatic carbocycles. The van der Waals surface area contributed by atoms with Crippen molar-refractivity contribution in [1.82, 2.24) is 10.6 Å². The van der Waals surface area contributed by atoms with Crippen LogP contribution in [0.25, 0.3) is 11.1 Å². The first-order valence-electron chi connectivity index (χ1n) is 12.0. The lowest BCUT2D eigenvalue weighted by Gasteiger charge is -2.35. The number of carbonyl (C=O) groups is 3. The van der Waals surface area contributed by atoms with Gasteiger partial charge in [0.05, 0.1) is 5.92 Å². The second kappa shape index (κ2) is 10.7. The van der Waals surface area contributed by atoms with Crippen LogP contribution >= 0.6 is 0 Å². The maximum absolute atomic E-state index is 12.3. The Bertz CT molecular complexity index is 1000. The molecule has 0 bridgehead atoms. The van der Waals surface area contributed by atoms with Crippen LogP contribution in [0, 0.1) is 17.8 Å². The topological polar surface area (TPSA) is 105 Å². The lowest BCUT2D eigenvalue weighted by molar-refractivity contribution is -0.141. The van der Waals surface area contributed by atoms with Crippen molar-refractivity contribution < 1.29 is 24.2 Å². The zero-order valence-electron chi connectivity index (χ0n) is 19.5. The zero-order valence-corrected chi connectivity index (χ0v) is 19.5. The Labute approximate surface area is 199 Å².